The van der Waals surface area contributed by atoms with Crippen LogP contribution in [0.3, 0.4) is 0 Å². The first-order chi connectivity index (χ1) is 7.06. The second kappa shape index (κ2) is 8.49. The Hall–Kier alpha value is -0.810. The summed E-state index contributed by atoms with van der Waals surface area (Å²) in [5, 5.41) is 3.07. The summed E-state index contributed by atoms with van der Waals surface area (Å²) in [7, 11) is 0. The molecule has 90 valence electrons. The third-order valence-electron chi connectivity index (χ3n) is 1.60. The molecule has 0 saturated carbocycles. The molecule has 0 spiro atoms. The fourth-order valence-corrected chi connectivity index (χ4v) is 0.890. The Balaban J connectivity index is 3.65. The van der Waals surface area contributed by atoms with Crippen LogP contribution in [0.4, 0.5) is 0 Å². The second-order valence-corrected chi connectivity index (χ2v) is 4.07. The Kier molecular flexibility index (Phi) is 8.04. The molecule has 0 radical (unpaired) electrons. The highest BCUT2D eigenvalue weighted by atomic mass is 16.5. The molecule has 0 amide bonds. The van der Waals surface area contributed by atoms with Crippen molar-refractivity contribution >= 4 is 5.96 Å². The Morgan fingerprint density at radius 1 is 1.33 bits per heavy atom. The molecule has 4 N–H and O–H groups in total. The molecule has 0 aromatic heterocycles. The lowest BCUT2D eigenvalue weighted by Crippen LogP contribution is -2.43. The zero-order valence-electron chi connectivity index (χ0n) is 10.2. The summed E-state index contributed by atoms with van der Waals surface area (Å²) in [5.74, 6) is 6.47. The third-order valence-corrected chi connectivity index (χ3v) is 1.60. The summed E-state index contributed by atoms with van der Waals surface area (Å²) < 4.78 is 5.38. The first-order valence-electron chi connectivity index (χ1n) is 5.42. The molecule has 5 nitrogen and oxygen atoms in total. The number of nitrogens with zero attached hydrogens (tertiary/aromatic N) is 1. The van der Waals surface area contributed by atoms with Gasteiger partial charge in [0, 0.05) is 13.1 Å². The van der Waals surface area contributed by atoms with Crippen LogP contribution < -0.4 is 16.6 Å². The van der Waals surface area contributed by atoms with Crippen molar-refractivity contribution in [3.63, 3.8) is 0 Å². The van der Waals surface area contributed by atoms with E-state index in [1.54, 1.807) is 0 Å². The molecule has 15 heavy (non-hydrogen) atoms. The van der Waals surface area contributed by atoms with Gasteiger partial charge in [-0.15, -0.1) is 0 Å². The maximum Gasteiger partial charge on any atom is 0.205 e. The molecule has 0 unspecified atom stereocenters. The molecule has 0 atom stereocenters. The number of rotatable bonds is 6. The smallest absolute Gasteiger partial charge is 0.205 e. The maximum atomic E-state index is 5.38. The van der Waals surface area contributed by atoms with Crippen molar-refractivity contribution in [2.24, 2.45) is 16.8 Å². The Morgan fingerprint density at radius 3 is 2.47 bits per heavy atom. The van der Waals surface area contributed by atoms with Gasteiger partial charge in [-0.2, -0.15) is 0 Å². The number of guanidine groups is 1. The van der Waals surface area contributed by atoms with E-state index in [0.29, 0.717) is 25.0 Å². The molecule has 0 heterocycles. The van der Waals surface area contributed by atoms with E-state index in [1.165, 1.54) is 0 Å². The molecule has 5 heteroatoms. The van der Waals surface area contributed by atoms with Crippen molar-refractivity contribution in [2.45, 2.75) is 33.8 Å². The Morgan fingerprint density at radius 2 is 2.00 bits per heavy atom. The van der Waals surface area contributed by atoms with Crippen LogP contribution in [0, 0.1) is 5.92 Å². The van der Waals surface area contributed by atoms with Crippen molar-refractivity contribution in [1.82, 2.24) is 10.7 Å². The molecule has 0 bridgehead atoms. The molecule has 0 aromatic carbocycles. The van der Waals surface area contributed by atoms with Gasteiger partial charge in [-0.3, -0.25) is 10.4 Å². The van der Waals surface area contributed by atoms with Crippen molar-refractivity contribution in [3.05, 3.63) is 0 Å². The minimum absolute atomic E-state index is 0.258. The quantitative estimate of drug-likeness (QED) is 0.198. The van der Waals surface area contributed by atoms with Crippen LogP contribution in [-0.4, -0.2) is 31.8 Å². The monoisotopic (exact) mass is 216 g/mol. The van der Waals surface area contributed by atoms with E-state index in [1.807, 2.05) is 13.8 Å². The van der Waals surface area contributed by atoms with Crippen LogP contribution in [0.1, 0.15) is 27.7 Å². The molecule has 0 aliphatic heterocycles. The number of ether oxygens (including phenoxy) is 1. The number of hydrazine groups is 1. The Labute approximate surface area is 92.4 Å². The molecule has 0 aliphatic rings. The van der Waals surface area contributed by atoms with E-state index in [9.17, 15) is 0 Å². The molecule has 0 rings (SSSR count). The van der Waals surface area contributed by atoms with Gasteiger partial charge in [0.25, 0.3) is 0 Å². The van der Waals surface area contributed by atoms with Crippen LogP contribution in [0.2, 0.25) is 0 Å². The largest absolute Gasteiger partial charge is 0.377 e. The van der Waals surface area contributed by atoms with Gasteiger partial charge in [0.05, 0.1) is 12.7 Å². The zero-order chi connectivity index (χ0) is 11.7. The van der Waals surface area contributed by atoms with Gasteiger partial charge in [0.15, 0.2) is 0 Å². The van der Waals surface area contributed by atoms with E-state index < -0.39 is 0 Å². The number of aliphatic imine (C=N–C) groups is 1. The van der Waals surface area contributed by atoms with E-state index >= 15 is 0 Å². The van der Waals surface area contributed by atoms with E-state index in [0.717, 1.165) is 6.54 Å². The normalized spacial score (nSPS) is 12.3. The first-order valence-corrected chi connectivity index (χ1v) is 5.42. The second-order valence-electron chi connectivity index (χ2n) is 4.07. The summed E-state index contributed by atoms with van der Waals surface area (Å²) in [6.07, 6.45) is 0.258. The number of nitrogens with two attached hydrogens (primary N) is 1. The van der Waals surface area contributed by atoms with Gasteiger partial charge in [0.1, 0.15) is 0 Å². The average Bonchev–Trinajstić information content (AvgIpc) is 2.16. The lowest BCUT2D eigenvalue weighted by molar-refractivity contribution is 0.0829. The zero-order valence-corrected chi connectivity index (χ0v) is 10.2. The predicted molar refractivity (Wildman–Crippen MR) is 63.6 cm³/mol. The highest BCUT2D eigenvalue weighted by Gasteiger charge is 1.97. The fraction of sp³-hybridized carbons (Fsp3) is 0.900. The van der Waals surface area contributed by atoms with Gasteiger partial charge in [-0.1, -0.05) is 13.8 Å². The maximum absolute atomic E-state index is 5.38. The van der Waals surface area contributed by atoms with Crippen LogP contribution in [-0.2, 0) is 4.74 Å². The molecule has 0 aliphatic carbocycles. The van der Waals surface area contributed by atoms with Gasteiger partial charge in [-0.05, 0) is 19.8 Å². The Bertz CT molecular complexity index is 180. The summed E-state index contributed by atoms with van der Waals surface area (Å²) in [6.45, 7) is 10.4. The van der Waals surface area contributed by atoms with Crippen molar-refractivity contribution in [3.8, 4) is 0 Å². The van der Waals surface area contributed by atoms with E-state index in [2.05, 4.69) is 29.6 Å². The molecule has 0 saturated heterocycles. The van der Waals surface area contributed by atoms with Crippen molar-refractivity contribution in [2.75, 3.05) is 19.7 Å². The molecule has 0 aromatic rings. The van der Waals surface area contributed by atoms with Crippen molar-refractivity contribution < 1.29 is 4.74 Å². The van der Waals surface area contributed by atoms with E-state index in [-0.39, 0.29) is 6.10 Å². The van der Waals surface area contributed by atoms with Gasteiger partial charge in [-0.25, -0.2) is 5.84 Å². The van der Waals surface area contributed by atoms with E-state index in [4.69, 9.17) is 10.6 Å². The van der Waals surface area contributed by atoms with Gasteiger partial charge in [0.2, 0.25) is 5.96 Å². The summed E-state index contributed by atoms with van der Waals surface area (Å²) in [4.78, 5) is 4.27. The summed E-state index contributed by atoms with van der Waals surface area (Å²) in [5.41, 5.74) is 2.53. The minimum atomic E-state index is 0.258. The topological polar surface area (TPSA) is 71.7 Å². The van der Waals surface area contributed by atoms with Crippen LogP contribution in [0.15, 0.2) is 4.99 Å². The SMILES string of the molecule is CC(C)CN=C(NN)NCCOC(C)C. The highest BCUT2D eigenvalue weighted by Crippen LogP contribution is 1.90. The number of hydrogen-bond donors (Lipinski definition) is 3. The minimum Gasteiger partial charge on any atom is -0.377 e. The first kappa shape index (κ1) is 14.2. The number of nitrogens with one attached hydrogen (secondary N) is 2. The lowest BCUT2D eigenvalue weighted by atomic mass is 10.2. The molecular formula is C10H24N4O. The van der Waals surface area contributed by atoms with Crippen molar-refractivity contribution in [1.29, 1.82) is 0 Å². The van der Waals surface area contributed by atoms with Gasteiger partial charge < -0.3 is 10.1 Å². The highest BCUT2D eigenvalue weighted by molar-refractivity contribution is 5.79. The third kappa shape index (κ3) is 9.49. The van der Waals surface area contributed by atoms with Gasteiger partial charge >= 0.3 is 0 Å². The lowest BCUT2D eigenvalue weighted by Gasteiger charge is -2.11. The van der Waals surface area contributed by atoms with Crippen LogP contribution in [0.25, 0.3) is 0 Å². The van der Waals surface area contributed by atoms with Crippen LogP contribution >= 0.6 is 0 Å². The predicted octanol–water partition coefficient (Wildman–Crippen LogP) is 0.476. The van der Waals surface area contributed by atoms with Crippen LogP contribution in [0.5, 0.6) is 0 Å². The number of hydrogen-bond acceptors (Lipinski definition) is 3. The molecular weight excluding hydrogens is 192 g/mol. The molecule has 0 fully saturated rings. The summed E-state index contributed by atoms with van der Waals surface area (Å²) >= 11 is 0. The fourth-order valence-electron chi connectivity index (χ4n) is 0.890. The average molecular weight is 216 g/mol. The standard InChI is InChI=1S/C10H24N4O/c1-8(2)7-13-10(14-11)12-5-6-15-9(3)4/h8-9H,5-7,11H2,1-4H3,(H2,12,13,14). The summed E-state index contributed by atoms with van der Waals surface area (Å²) in [6, 6.07) is 0.